The van der Waals surface area contributed by atoms with Crippen molar-refractivity contribution in [2.45, 2.75) is 6.92 Å². The maximum absolute atomic E-state index is 4.66. The van der Waals surface area contributed by atoms with Crippen LogP contribution in [-0.2, 0) is 0 Å². The largest absolute Gasteiger partial charge is 0.310 e. The molecule has 0 aliphatic carbocycles. The fraction of sp³-hybridized carbons (Fsp3) is 0.0164. The van der Waals surface area contributed by atoms with Gasteiger partial charge in [-0.25, -0.2) is 0 Å². The zero-order chi connectivity index (χ0) is 41.3. The van der Waals surface area contributed by atoms with Gasteiger partial charge < -0.3 is 4.90 Å². The zero-order valence-corrected chi connectivity index (χ0v) is 34.4. The third kappa shape index (κ3) is 5.78. The van der Waals surface area contributed by atoms with Gasteiger partial charge in [0, 0.05) is 22.5 Å². The highest BCUT2D eigenvalue weighted by atomic mass is 15.2. The number of hydrogen-bond acceptors (Lipinski definition) is 1. The molecule has 1 aliphatic rings. The molecule has 290 valence electrons. The van der Waals surface area contributed by atoms with E-state index in [0.29, 0.717) is 0 Å². The Morgan fingerprint density at radius 2 is 0.806 bits per heavy atom. The summed E-state index contributed by atoms with van der Waals surface area (Å²) >= 11 is 0. The zero-order valence-electron chi connectivity index (χ0n) is 34.4. The van der Waals surface area contributed by atoms with Gasteiger partial charge in [0.25, 0.3) is 0 Å². The quantitative estimate of drug-likeness (QED) is 0.157. The van der Waals surface area contributed by atoms with Gasteiger partial charge in [0.1, 0.15) is 0 Å². The lowest BCUT2D eigenvalue weighted by atomic mass is 9.84. The number of fused-ring (bicyclic) bond motifs is 7. The predicted molar refractivity (Wildman–Crippen MR) is 266 cm³/mol. The summed E-state index contributed by atoms with van der Waals surface area (Å²) in [6, 6.07) is 80.4. The molecule has 0 bridgehead atoms. The molecule has 62 heavy (non-hydrogen) atoms. The van der Waals surface area contributed by atoms with E-state index in [4.69, 9.17) is 0 Å². The Balaban J connectivity index is 1.03. The Bertz CT molecular complexity index is 3630. The summed E-state index contributed by atoms with van der Waals surface area (Å²) in [5, 5.41) is 9.97. The molecule has 11 aromatic carbocycles. The second kappa shape index (κ2) is 14.3. The number of nitrogens with zero attached hydrogens (tertiary/aromatic N) is 1. The molecule has 0 N–H and O–H groups in total. The normalized spacial score (nSPS) is 12.3. The Labute approximate surface area is 362 Å². The topological polar surface area (TPSA) is 3.24 Å². The van der Waals surface area contributed by atoms with Crippen LogP contribution in [0.3, 0.4) is 0 Å². The summed E-state index contributed by atoms with van der Waals surface area (Å²) in [6.45, 7) is 6.83. The maximum Gasteiger partial charge on any atom is 0.0540 e. The van der Waals surface area contributed by atoms with Crippen LogP contribution in [0.25, 0.3) is 104 Å². The second-order valence-corrected chi connectivity index (χ2v) is 16.6. The first kappa shape index (κ1) is 35.9. The van der Waals surface area contributed by atoms with Crippen LogP contribution >= 0.6 is 0 Å². The van der Waals surface area contributed by atoms with Crippen LogP contribution in [0.5, 0.6) is 0 Å². The van der Waals surface area contributed by atoms with Crippen LogP contribution in [0.4, 0.5) is 11.4 Å². The van der Waals surface area contributed by atoms with Crippen molar-refractivity contribution in [3.05, 3.63) is 236 Å². The van der Waals surface area contributed by atoms with Gasteiger partial charge >= 0.3 is 0 Å². The SMILES string of the molecule is C=C1c2ccc(-c3cccc(-c4ccc5c(-c6ccc7ccccc7c6)c6ccccc6c(-c6ccc7ccccc7c6)c5c4)c3)cc2-c2ccccc2N1c1ccccc1C. The van der Waals surface area contributed by atoms with Gasteiger partial charge in [-0.1, -0.05) is 183 Å². The molecule has 1 heteroatoms. The molecule has 0 saturated carbocycles. The van der Waals surface area contributed by atoms with Crippen LogP contribution in [-0.4, -0.2) is 0 Å². The van der Waals surface area contributed by atoms with E-state index in [1.54, 1.807) is 0 Å². The molecule has 0 radical (unpaired) electrons. The number of anilines is 2. The molecule has 1 heterocycles. The van der Waals surface area contributed by atoms with E-state index in [2.05, 4.69) is 237 Å². The molecule has 0 aromatic heterocycles. The molecule has 12 rings (SSSR count). The third-order valence-corrected chi connectivity index (χ3v) is 13.0. The van der Waals surface area contributed by atoms with Gasteiger partial charge in [-0.15, -0.1) is 0 Å². The van der Waals surface area contributed by atoms with Crippen molar-refractivity contribution >= 4 is 60.2 Å². The summed E-state index contributed by atoms with van der Waals surface area (Å²) in [4.78, 5) is 2.31. The van der Waals surface area contributed by atoms with Gasteiger partial charge in [0.15, 0.2) is 0 Å². The first-order chi connectivity index (χ1) is 30.6. The molecule has 0 atom stereocenters. The minimum Gasteiger partial charge on any atom is -0.310 e. The van der Waals surface area contributed by atoms with E-state index in [0.717, 1.165) is 22.6 Å². The van der Waals surface area contributed by atoms with Crippen LogP contribution in [0.2, 0.25) is 0 Å². The van der Waals surface area contributed by atoms with Gasteiger partial charge in [-0.2, -0.15) is 0 Å². The molecule has 1 nitrogen and oxygen atoms in total. The molecule has 0 fully saturated rings. The smallest absolute Gasteiger partial charge is 0.0540 e. The number of rotatable bonds is 5. The Morgan fingerprint density at radius 3 is 1.48 bits per heavy atom. The molecular formula is C61H41N. The van der Waals surface area contributed by atoms with E-state index < -0.39 is 0 Å². The molecule has 0 spiro atoms. The van der Waals surface area contributed by atoms with Gasteiger partial charge in [-0.05, 0) is 148 Å². The van der Waals surface area contributed by atoms with Crippen molar-refractivity contribution in [3.63, 3.8) is 0 Å². The van der Waals surface area contributed by atoms with E-state index in [1.807, 2.05) is 0 Å². The first-order valence-corrected chi connectivity index (χ1v) is 21.4. The third-order valence-electron chi connectivity index (χ3n) is 13.0. The molecule has 0 saturated heterocycles. The summed E-state index contributed by atoms with van der Waals surface area (Å²) < 4.78 is 0. The van der Waals surface area contributed by atoms with Gasteiger partial charge in [-0.3, -0.25) is 0 Å². The van der Waals surface area contributed by atoms with Crippen molar-refractivity contribution in [1.82, 2.24) is 0 Å². The average Bonchev–Trinajstić information content (AvgIpc) is 3.33. The summed E-state index contributed by atoms with van der Waals surface area (Å²) in [5.74, 6) is 0. The lowest BCUT2D eigenvalue weighted by Gasteiger charge is -2.35. The number of hydrogen-bond donors (Lipinski definition) is 0. The second-order valence-electron chi connectivity index (χ2n) is 16.6. The van der Waals surface area contributed by atoms with Crippen LogP contribution < -0.4 is 4.90 Å². The monoisotopic (exact) mass is 787 g/mol. The minimum atomic E-state index is 0.988. The van der Waals surface area contributed by atoms with Crippen LogP contribution in [0.15, 0.2) is 225 Å². The van der Waals surface area contributed by atoms with E-state index in [9.17, 15) is 0 Å². The molecule has 1 aliphatic heterocycles. The molecule has 11 aromatic rings. The number of para-hydroxylation sites is 2. The highest BCUT2D eigenvalue weighted by molar-refractivity contribution is 6.22. The summed E-state index contributed by atoms with van der Waals surface area (Å²) in [7, 11) is 0. The number of benzene rings is 11. The predicted octanol–water partition coefficient (Wildman–Crippen LogP) is 17.1. The lowest BCUT2D eigenvalue weighted by Crippen LogP contribution is -2.20. The van der Waals surface area contributed by atoms with E-state index in [-0.39, 0.29) is 0 Å². The summed E-state index contributed by atoms with van der Waals surface area (Å²) in [6.07, 6.45) is 0. The van der Waals surface area contributed by atoms with Gasteiger partial charge in [0.2, 0.25) is 0 Å². The van der Waals surface area contributed by atoms with Crippen molar-refractivity contribution < 1.29 is 0 Å². The Kier molecular flexibility index (Phi) is 8.30. The Hall–Kier alpha value is -8.00. The summed E-state index contributed by atoms with van der Waals surface area (Å²) in [5.41, 5.74) is 17.8. The van der Waals surface area contributed by atoms with Gasteiger partial charge in [0.05, 0.1) is 5.69 Å². The van der Waals surface area contributed by atoms with E-state index in [1.165, 1.54) is 104 Å². The first-order valence-electron chi connectivity index (χ1n) is 21.4. The Morgan fingerprint density at radius 1 is 0.306 bits per heavy atom. The fourth-order valence-corrected chi connectivity index (χ4v) is 10.00. The van der Waals surface area contributed by atoms with Crippen molar-refractivity contribution in [2.75, 3.05) is 4.90 Å². The minimum absolute atomic E-state index is 0.988. The van der Waals surface area contributed by atoms with Crippen molar-refractivity contribution in [3.8, 4) is 55.6 Å². The average molecular weight is 788 g/mol. The van der Waals surface area contributed by atoms with Crippen LogP contribution in [0, 0.1) is 6.92 Å². The highest BCUT2D eigenvalue weighted by Crippen LogP contribution is 2.50. The molecule has 0 amide bonds. The van der Waals surface area contributed by atoms with Crippen molar-refractivity contribution in [1.29, 1.82) is 0 Å². The van der Waals surface area contributed by atoms with Crippen molar-refractivity contribution in [2.24, 2.45) is 0 Å². The standard InChI is InChI=1S/C61H41N/c1-39-14-3-11-24-58(39)62-40(2)51-32-30-47(37-56(51)52-21-10-12-25-59(52)62)45-19-13-20-46(34-45)48-31-33-55-57(38-48)61(50-29-27-42-16-5-7-18-44(42)36-50)54-23-9-8-22-53(54)60(55)49-28-26-41-15-4-6-17-43(41)35-49/h3-38H,2H2,1H3. The highest BCUT2D eigenvalue weighted by Gasteiger charge is 2.27. The molecule has 0 unspecified atom stereocenters. The van der Waals surface area contributed by atoms with E-state index >= 15 is 0 Å². The fourth-order valence-electron chi connectivity index (χ4n) is 10.00. The maximum atomic E-state index is 4.66. The lowest BCUT2D eigenvalue weighted by molar-refractivity contribution is 1.24. The number of aryl methyl sites for hydroxylation is 1. The molecular weight excluding hydrogens is 747 g/mol. The van der Waals surface area contributed by atoms with Crippen LogP contribution in [0.1, 0.15) is 11.1 Å².